The van der Waals surface area contributed by atoms with E-state index in [2.05, 4.69) is 10.2 Å². The predicted molar refractivity (Wildman–Crippen MR) is 69.0 cm³/mol. The highest BCUT2D eigenvalue weighted by Gasteiger charge is 2.13. The van der Waals surface area contributed by atoms with Crippen LogP contribution in [0.5, 0.6) is 0 Å². The van der Waals surface area contributed by atoms with Crippen molar-refractivity contribution >= 4 is 5.52 Å². The molecule has 2 N–H and O–H groups in total. The van der Waals surface area contributed by atoms with Gasteiger partial charge in [-0.25, -0.2) is 4.52 Å². The van der Waals surface area contributed by atoms with E-state index in [9.17, 15) is 0 Å². The van der Waals surface area contributed by atoms with Crippen LogP contribution in [0.4, 0.5) is 0 Å². The summed E-state index contributed by atoms with van der Waals surface area (Å²) in [6, 6.07) is 5.92. The Balaban J connectivity index is 1.90. The van der Waals surface area contributed by atoms with Crippen molar-refractivity contribution in [3.8, 4) is 0 Å². The maximum Gasteiger partial charge on any atom is 0.0709 e. The molecule has 0 aliphatic heterocycles. The number of hydrogen-bond acceptors (Lipinski definition) is 3. The number of nitrogens with zero attached hydrogens (tertiary/aromatic N) is 4. The van der Waals surface area contributed by atoms with Crippen LogP contribution in [-0.2, 0) is 13.5 Å². The van der Waals surface area contributed by atoms with Crippen LogP contribution in [0.2, 0.25) is 0 Å². The number of rotatable bonds is 3. The van der Waals surface area contributed by atoms with Gasteiger partial charge in [0.1, 0.15) is 0 Å². The maximum atomic E-state index is 6.26. The lowest BCUT2D eigenvalue weighted by Gasteiger charge is -2.08. The second-order valence-electron chi connectivity index (χ2n) is 4.46. The lowest BCUT2D eigenvalue weighted by molar-refractivity contribution is 0.724. The van der Waals surface area contributed by atoms with Crippen LogP contribution in [0.25, 0.3) is 5.52 Å². The number of hydrogen-bond donors (Lipinski definition) is 1. The Morgan fingerprint density at radius 1 is 1.28 bits per heavy atom. The zero-order valence-electron chi connectivity index (χ0n) is 10.2. The normalized spacial score (nSPS) is 13.0. The summed E-state index contributed by atoms with van der Waals surface area (Å²) in [6.45, 7) is 0. The molecule has 5 nitrogen and oxygen atoms in total. The molecule has 1 unspecified atom stereocenters. The number of aryl methyl sites for hydroxylation is 1. The van der Waals surface area contributed by atoms with E-state index >= 15 is 0 Å². The molecule has 0 saturated carbocycles. The van der Waals surface area contributed by atoms with Gasteiger partial charge in [0, 0.05) is 31.0 Å². The maximum absolute atomic E-state index is 6.26. The van der Waals surface area contributed by atoms with Crippen molar-refractivity contribution in [2.45, 2.75) is 12.5 Å². The van der Waals surface area contributed by atoms with Crippen molar-refractivity contribution in [1.29, 1.82) is 0 Å². The van der Waals surface area contributed by atoms with Crippen LogP contribution in [0.1, 0.15) is 17.2 Å². The first-order valence-corrected chi connectivity index (χ1v) is 5.89. The molecule has 3 rings (SSSR count). The van der Waals surface area contributed by atoms with Gasteiger partial charge in [-0.2, -0.15) is 10.2 Å². The second-order valence-corrected chi connectivity index (χ2v) is 4.46. The van der Waals surface area contributed by atoms with Gasteiger partial charge in [-0.15, -0.1) is 0 Å². The van der Waals surface area contributed by atoms with E-state index in [1.807, 2.05) is 54.5 Å². The van der Waals surface area contributed by atoms with Gasteiger partial charge >= 0.3 is 0 Å². The van der Waals surface area contributed by atoms with Gasteiger partial charge in [0.25, 0.3) is 0 Å². The van der Waals surface area contributed by atoms with E-state index in [1.165, 1.54) is 0 Å². The first kappa shape index (κ1) is 11.0. The molecule has 0 aromatic carbocycles. The minimum absolute atomic E-state index is 0.0610. The van der Waals surface area contributed by atoms with E-state index in [0.29, 0.717) is 0 Å². The summed E-state index contributed by atoms with van der Waals surface area (Å²) in [4.78, 5) is 0. The molecule has 0 spiro atoms. The highest BCUT2D eigenvalue weighted by Crippen LogP contribution is 2.20. The molecular weight excluding hydrogens is 226 g/mol. The summed E-state index contributed by atoms with van der Waals surface area (Å²) in [5.41, 5.74) is 9.53. The quantitative estimate of drug-likeness (QED) is 0.752. The Morgan fingerprint density at radius 2 is 2.17 bits per heavy atom. The zero-order chi connectivity index (χ0) is 12.5. The third kappa shape index (κ3) is 1.89. The largest absolute Gasteiger partial charge is 0.324 e. The molecule has 0 bridgehead atoms. The molecule has 0 aliphatic carbocycles. The van der Waals surface area contributed by atoms with Crippen molar-refractivity contribution in [2.75, 3.05) is 0 Å². The smallest absolute Gasteiger partial charge is 0.0709 e. The van der Waals surface area contributed by atoms with Crippen molar-refractivity contribution in [3.63, 3.8) is 0 Å². The molecule has 3 heterocycles. The molecule has 0 fully saturated rings. The fourth-order valence-electron chi connectivity index (χ4n) is 2.18. The number of aromatic nitrogens is 4. The second kappa shape index (κ2) is 4.27. The Morgan fingerprint density at radius 3 is 2.94 bits per heavy atom. The topological polar surface area (TPSA) is 61.1 Å². The monoisotopic (exact) mass is 241 g/mol. The van der Waals surface area contributed by atoms with Gasteiger partial charge in [-0.05, 0) is 24.1 Å². The van der Waals surface area contributed by atoms with E-state index in [0.717, 1.165) is 23.1 Å². The summed E-state index contributed by atoms with van der Waals surface area (Å²) < 4.78 is 3.64. The highest BCUT2D eigenvalue weighted by molar-refractivity contribution is 5.54. The number of fused-ring (bicyclic) bond motifs is 1. The van der Waals surface area contributed by atoms with Gasteiger partial charge in [0.05, 0.1) is 17.9 Å². The number of nitrogens with two attached hydrogens (primary N) is 1. The van der Waals surface area contributed by atoms with Crippen LogP contribution >= 0.6 is 0 Å². The van der Waals surface area contributed by atoms with E-state index in [4.69, 9.17) is 5.73 Å². The molecule has 0 amide bonds. The van der Waals surface area contributed by atoms with Crippen LogP contribution in [0.3, 0.4) is 0 Å². The van der Waals surface area contributed by atoms with Gasteiger partial charge in [-0.3, -0.25) is 4.68 Å². The van der Waals surface area contributed by atoms with E-state index < -0.39 is 0 Å². The van der Waals surface area contributed by atoms with Crippen LogP contribution in [0.15, 0.2) is 43.0 Å². The van der Waals surface area contributed by atoms with Crippen LogP contribution in [-0.4, -0.2) is 19.4 Å². The van der Waals surface area contributed by atoms with Gasteiger partial charge in [-0.1, -0.05) is 6.07 Å². The summed E-state index contributed by atoms with van der Waals surface area (Å²) in [6.07, 6.45) is 8.38. The minimum Gasteiger partial charge on any atom is -0.324 e. The molecule has 3 aromatic rings. The first-order valence-electron chi connectivity index (χ1n) is 5.89. The highest BCUT2D eigenvalue weighted by atomic mass is 15.2. The third-order valence-electron chi connectivity index (χ3n) is 3.07. The average Bonchev–Trinajstić information content (AvgIpc) is 2.95. The Bertz CT molecular complexity index is 667. The SMILES string of the molecule is Cn1cc(CC(N)c2cnn3ccccc23)cn1. The molecule has 0 radical (unpaired) electrons. The van der Waals surface area contributed by atoms with E-state index in [1.54, 1.807) is 4.68 Å². The molecule has 3 aromatic heterocycles. The Labute approximate surface area is 105 Å². The molecule has 0 saturated heterocycles. The van der Waals surface area contributed by atoms with Crippen molar-refractivity contribution in [1.82, 2.24) is 19.4 Å². The van der Waals surface area contributed by atoms with Gasteiger partial charge < -0.3 is 5.73 Å². The predicted octanol–water partition coefficient (Wildman–Crippen LogP) is 1.31. The molecular formula is C13H15N5. The number of pyridine rings is 1. The first-order chi connectivity index (χ1) is 8.74. The molecule has 5 heteroatoms. The van der Waals surface area contributed by atoms with Crippen molar-refractivity contribution in [3.05, 3.63) is 54.1 Å². The average molecular weight is 241 g/mol. The fourth-order valence-corrected chi connectivity index (χ4v) is 2.18. The zero-order valence-corrected chi connectivity index (χ0v) is 10.2. The third-order valence-corrected chi connectivity index (χ3v) is 3.07. The molecule has 92 valence electrons. The minimum atomic E-state index is -0.0610. The van der Waals surface area contributed by atoms with Crippen LogP contribution in [0, 0.1) is 0 Å². The van der Waals surface area contributed by atoms with E-state index in [-0.39, 0.29) is 6.04 Å². The lowest BCUT2D eigenvalue weighted by Crippen LogP contribution is -2.12. The summed E-state index contributed by atoms with van der Waals surface area (Å²) >= 11 is 0. The summed E-state index contributed by atoms with van der Waals surface area (Å²) in [5.74, 6) is 0. The van der Waals surface area contributed by atoms with Gasteiger partial charge in [0.2, 0.25) is 0 Å². The fraction of sp³-hybridized carbons (Fsp3) is 0.231. The molecule has 0 aliphatic rings. The van der Waals surface area contributed by atoms with Gasteiger partial charge in [0.15, 0.2) is 0 Å². The van der Waals surface area contributed by atoms with Crippen molar-refractivity contribution < 1.29 is 0 Å². The van der Waals surface area contributed by atoms with Crippen molar-refractivity contribution in [2.24, 2.45) is 12.8 Å². The molecule has 18 heavy (non-hydrogen) atoms. The lowest BCUT2D eigenvalue weighted by atomic mass is 10.0. The summed E-state index contributed by atoms with van der Waals surface area (Å²) in [7, 11) is 1.91. The van der Waals surface area contributed by atoms with Crippen LogP contribution < -0.4 is 5.73 Å². The standard InChI is InChI=1S/C13H15N5/c1-17-9-10(7-15-17)6-12(14)11-8-16-18-5-3-2-4-13(11)18/h2-5,7-9,12H,6,14H2,1H3. The Kier molecular flexibility index (Phi) is 2.60. The summed E-state index contributed by atoms with van der Waals surface area (Å²) in [5, 5.41) is 8.46. The molecule has 1 atom stereocenters. The Hall–Kier alpha value is -2.14.